The van der Waals surface area contributed by atoms with Crippen molar-refractivity contribution in [3.63, 3.8) is 0 Å². The van der Waals surface area contributed by atoms with Gasteiger partial charge in [-0.15, -0.1) is 0 Å². The number of hydrogen-bond donors (Lipinski definition) is 2. The summed E-state index contributed by atoms with van der Waals surface area (Å²) in [6, 6.07) is 22.2. The summed E-state index contributed by atoms with van der Waals surface area (Å²) in [5, 5.41) is 7.60. The number of benzene rings is 3. The minimum atomic E-state index is -3.82. The molecule has 4 aromatic rings. The average Bonchev–Trinajstić information content (AvgIpc) is 3.29. The van der Waals surface area contributed by atoms with Crippen LogP contribution in [0.25, 0.3) is 5.69 Å². The Morgan fingerprint density at radius 1 is 0.939 bits per heavy atom. The molecule has 1 aromatic heterocycles. The van der Waals surface area contributed by atoms with Crippen molar-refractivity contribution in [2.45, 2.75) is 17.7 Å². The van der Waals surface area contributed by atoms with Crippen LogP contribution in [0, 0.1) is 0 Å². The van der Waals surface area contributed by atoms with Crippen LogP contribution in [-0.4, -0.2) is 24.1 Å². The number of halogens is 1. The molecule has 0 atom stereocenters. The topological polar surface area (TPSA) is 93.1 Å². The third kappa shape index (κ3) is 6.00. The second-order valence-corrected chi connectivity index (χ2v) is 9.44. The van der Waals surface area contributed by atoms with Crippen LogP contribution in [-0.2, 0) is 21.2 Å². The van der Waals surface area contributed by atoms with Gasteiger partial charge in [0.2, 0.25) is 5.91 Å². The first kappa shape index (κ1) is 22.6. The number of sulfonamides is 1. The lowest BCUT2D eigenvalue weighted by molar-refractivity contribution is -0.116. The van der Waals surface area contributed by atoms with Crippen LogP contribution in [0.3, 0.4) is 0 Å². The van der Waals surface area contributed by atoms with Gasteiger partial charge in [-0.1, -0.05) is 35.9 Å². The second-order valence-electron chi connectivity index (χ2n) is 7.32. The molecule has 4 rings (SSSR count). The SMILES string of the molecule is O=C(CCc1cnn(-c2ccccc2)c1)Nc1cccc(S(=O)(=O)Nc2ccc(Cl)cc2)c1. The first-order chi connectivity index (χ1) is 15.9. The van der Waals surface area contributed by atoms with Gasteiger partial charge < -0.3 is 5.32 Å². The fraction of sp³-hybridized carbons (Fsp3) is 0.0833. The van der Waals surface area contributed by atoms with Crippen LogP contribution < -0.4 is 10.0 Å². The molecule has 0 aliphatic carbocycles. The summed E-state index contributed by atoms with van der Waals surface area (Å²) >= 11 is 5.84. The van der Waals surface area contributed by atoms with E-state index in [9.17, 15) is 13.2 Å². The van der Waals surface area contributed by atoms with Crippen LogP contribution in [0.4, 0.5) is 11.4 Å². The number of hydrogen-bond acceptors (Lipinski definition) is 4. The summed E-state index contributed by atoms with van der Waals surface area (Å²) in [6.45, 7) is 0. The first-order valence-electron chi connectivity index (χ1n) is 10.2. The fourth-order valence-corrected chi connectivity index (χ4v) is 4.40. The highest BCUT2D eigenvalue weighted by Gasteiger charge is 2.15. The third-order valence-electron chi connectivity index (χ3n) is 4.82. The largest absolute Gasteiger partial charge is 0.326 e. The van der Waals surface area contributed by atoms with Crippen molar-refractivity contribution >= 4 is 38.9 Å². The van der Waals surface area contributed by atoms with Gasteiger partial charge in [0.25, 0.3) is 10.0 Å². The highest BCUT2D eigenvalue weighted by Crippen LogP contribution is 2.21. The molecule has 1 heterocycles. The monoisotopic (exact) mass is 480 g/mol. The number of carbonyl (C=O) groups excluding carboxylic acids is 1. The predicted octanol–water partition coefficient (Wildman–Crippen LogP) is 4.90. The van der Waals surface area contributed by atoms with E-state index in [4.69, 9.17) is 11.6 Å². The summed E-state index contributed by atoms with van der Waals surface area (Å²) in [5.74, 6) is -0.220. The van der Waals surface area contributed by atoms with Gasteiger partial charge in [-0.25, -0.2) is 13.1 Å². The zero-order chi connectivity index (χ0) is 23.3. The maximum Gasteiger partial charge on any atom is 0.261 e. The highest BCUT2D eigenvalue weighted by molar-refractivity contribution is 7.92. The number of carbonyl (C=O) groups is 1. The second kappa shape index (κ2) is 9.89. The summed E-state index contributed by atoms with van der Waals surface area (Å²) in [6.07, 6.45) is 4.36. The predicted molar refractivity (Wildman–Crippen MR) is 129 cm³/mol. The van der Waals surface area contributed by atoms with E-state index in [-0.39, 0.29) is 17.2 Å². The van der Waals surface area contributed by atoms with E-state index in [0.29, 0.717) is 22.8 Å². The maximum absolute atomic E-state index is 12.7. The van der Waals surface area contributed by atoms with Crippen LogP contribution in [0.15, 0.2) is 96.2 Å². The first-order valence-corrected chi connectivity index (χ1v) is 12.0. The normalized spacial score (nSPS) is 11.2. The molecular formula is C24H21ClN4O3S. The molecule has 33 heavy (non-hydrogen) atoms. The minimum absolute atomic E-state index is 0.0411. The van der Waals surface area contributed by atoms with Crippen molar-refractivity contribution in [2.75, 3.05) is 10.0 Å². The Balaban J connectivity index is 1.36. The molecular weight excluding hydrogens is 460 g/mol. The number of nitrogens with one attached hydrogen (secondary N) is 2. The Hall–Kier alpha value is -3.62. The Morgan fingerprint density at radius 3 is 2.45 bits per heavy atom. The average molecular weight is 481 g/mol. The van der Waals surface area contributed by atoms with Gasteiger partial charge in [0, 0.05) is 29.0 Å². The molecule has 0 aliphatic rings. The van der Waals surface area contributed by atoms with E-state index in [1.165, 1.54) is 12.1 Å². The van der Waals surface area contributed by atoms with Gasteiger partial charge in [-0.2, -0.15) is 5.10 Å². The zero-order valence-electron chi connectivity index (χ0n) is 17.5. The molecule has 0 radical (unpaired) electrons. The summed E-state index contributed by atoms with van der Waals surface area (Å²) < 4.78 is 29.6. The van der Waals surface area contributed by atoms with Crippen LogP contribution in [0.1, 0.15) is 12.0 Å². The molecule has 0 bridgehead atoms. The lowest BCUT2D eigenvalue weighted by Crippen LogP contribution is -2.15. The molecule has 2 N–H and O–H groups in total. The van der Waals surface area contributed by atoms with E-state index in [2.05, 4.69) is 15.1 Å². The summed E-state index contributed by atoms with van der Waals surface area (Å²) in [4.78, 5) is 12.5. The van der Waals surface area contributed by atoms with Crippen molar-refractivity contribution in [1.29, 1.82) is 0 Å². The quantitative estimate of drug-likeness (QED) is 0.375. The van der Waals surface area contributed by atoms with E-state index in [1.54, 1.807) is 47.3 Å². The van der Waals surface area contributed by atoms with Crippen molar-refractivity contribution in [1.82, 2.24) is 9.78 Å². The van der Waals surface area contributed by atoms with E-state index in [0.717, 1.165) is 11.3 Å². The smallest absolute Gasteiger partial charge is 0.261 e. The van der Waals surface area contributed by atoms with Gasteiger partial charge in [-0.05, 0) is 66.6 Å². The molecule has 0 fully saturated rings. The maximum atomic E-state index is 12.7. The molecule has 7 nitrogen and oxygen atoms in total. The molecule has 0 saturated heterocycles. The van der Waals surface area contributed by atoms with Crippen molar-refractivity contribution in [2.24, 2.45) is 0 Å². The lowest BCUT2D eigenvalue weighted by atomic mass is 10.2. The number of rotatable bonds is 8. The molecule has 0 aliphatic heterocycles. The number of aromatic nitrogens is 2. The summed E-state index contributed by atoms with van der Waals surface area (Å²) in [5.41, 5.74) is 2.67. The van der Waals surface area contributed by atoms with Crippen molar-refractivity contribution in [3.05, 3.63) is 102 Å². The number of amides is 1. The Morgan fingerprint density at radius 2 is 1.70 bits per heavy atom. The van der Waals surface area contributed by atoms with E-state index >= 15 is 0 Å². The molecule has 9 heteroatoms. The third-order valence-corrected chi connectivity index (χ3v) is 6.45. The van der Waals surface area contributed by atoms with Gasteiger partial charge in [0.1, 0.15) is 0 Å². The number of nitrogens with zero attached hydrogens (tertiary/aromatic N) is 2. The number of anilines is 2. The van der Waals surface area contributed by atoms with Crippen LogP contribution in [0.5, 0.6) is 0 Å². The van der Waals surface area contributed by atoms with Crippen molar-refractivity contribution < 1.29 is 13.2 Å². The van der Waals surface area contributed by atoms with Gasteiger partial charge in [0.15, 0.2) is 0 Å². The molecule has 0 unspecified atom stereocenters. The Kier molecular flexibility index (Phi) is 6.76. The van der Waals surface area contributed by atoms with Crippen LogP contribution >= 0.6 is 11.6 Å². The van der Waals surface area contributed by atoms with Crippen LogP contribution in [0.2, 0.25) is 5.02 Å². The molecule has 1 amide bonds. The highest BCUT2D eigenvalue weighted by atomic mass is 35.5. The molecule has 3 aromatic carbocycles. The van der Waals surface area contributed by atoms with Gasteiger partial charge in [0.05, 0.1) is 16.8 Å². The van der Waals surface area contributed by atoms with E-state index < -0.39 is 10.0 Å². The minimum Gasteiger partial charge on any atom is -0.326 e. The number of aryl methyl sites for hydroxylation is 1. The Labute approximate surface area is 197 Å². The summed E-state index contributed by atoms with van der Waals surface area (Å²) in [7, 11) is -3.82. The molecule has 168 valence electrons. The molecule has 0 spiro atoms. The fourth-order valence-electron chi connectivity index (χ4n) is 3.17. The standard InChI is InChI=1S/C24H21ClN4O3S/c25-19-10-12-20(13-11-19)28-33(31,32)23-8-4-5-21(15-23)27-24(30)14-9-18-16-26-29(17-18)22-6-2-1-3-7-22/h1-8,10-13,15-17,28H,9,14H2,(H,27,30). The van der Waals surface area contributed by atoms with Gasteiger partial charge in [-0.3, -0.25) is 9.52 Å². The zero-order valence-corrected chi connectivity index (χ0v) is 19.1. The van der Waals surface area contributed by atoms with E-state index in [1.807, 2.05) is 36.5 Å². The Bertz CT molecular complexity index is 1350. The lowest BCUT2D eigenvalue weighted by Gasteiger charge is -2.10. The van der Waals surface area contributed by atoms with Crippen molar-refractivity contribution in [3.8, 4) is 5.69 Å². The van der Waals surface area contributed by atoms with Gasteiger partial charge >= 0.3 is 0 Å². The number of para-hydroxylation sites is 1. The molecule has 0 saturated carbocycles.